The summed E-state index contributed by atoms with van der Waals surface area (Å²) in [5.41, 5.74) is 2.95. The van der Waals surface area contributed by atoms with Gasteiger partial charge < -0.3 is 10.2 Å². The number of unbranched alkanes of at least 4 members (excludes halogenated alkanes) is 1. The van der Waals surface area contributed by atoms with E-state index in [-0.39, 0.29) is 0 Å². The van der Waals surface area contributed by atoms with Gasteiger partial charge in [-0.3, -0.25) is 9.82 Å². The summed E-state index contributed by atoms with van der Waals surface area (Å²) >= 11 is 0. The molecular formula is C19H24N4O2. The van der Waals surface area contributed by atoms with Crippen LogP contribution in [0.5, 0.6) is 0 Å². The predicted octanol–water partition coefficient (Wildman–Crippen LogP) is 3.43. The highest BCUT2D eigenvalue weighted by Gasteiger charge is 2.15. The molecule has 0 unspecified atom stereocenters. The van der Waals surface area contributed by atoms with Gasteiger partial charge in [-0.05, 0) is 24.6 Å². The van der Waals surface area contributed by atoms with Crippen LogP contribution in [0.25, 0.3) is 0 Å². The second-order valence-electron chi connectivity index (χ2n) is 5.73. The van der Waals surface area contributed by atoms with E-state index in [4.69, 9.17) is 4.84 Å². The Kier molecular flexibility index (Phi) is 6.95. The van der Waals surface area contributed by atoms with Gasteiger partial charge in [-0.2, -0.15) is 0 Å². The van der Waals surface area contributed by atoms with Gasteiger partial charge in [-0.1, -0.05) is 42.8 Å². The molecule has 0 radical (unpaired) electrons. The van der Waals surface area contributed by atoms with Crippen LogP contribution in [0.3, 0.4) is 0 Å². The standard InChI is InChI=1S/C19H24N4O2/c1-4-5-13-21-19(24)25-22-18(16-11-8-9-14-20-16)15-10-6-7-12-17(15)23(2)3/h6-12,14H,4-5,13H2,1-3H3,(H,21,24). The number of hydrogen-bond donors (Lipinski definition) is 1. The molecule has 0 saturated heterocycles. The maximum absolute atomic E-state index is 11.8. The molecule has 0 aliphatic heterocycles. The molecule has 1 aromatic heterocycles. The third-order valence-corrected chi connectivity index (χ3v) is 3.57. The Hall–Kier alpha value is -2.89. The lowest BCUT2D eigenvalue weighted by Crippen LogP contribution is -2.24. The molecule has 1 amide bonds. The largest absolute Gasteiger partial charge is 0.433 e. The molecule has 0 atom stereocenters. The molecule has 1 heterocycles. The Balaban J connectivity index is 2.32. The molecule has 1 N–H and O–H groups in total. The van der Waals surface area contributed by atoms with Crippen LogP contribution in [0.2, 0.25) is 0 Å². The minimum atomic E-state index is -0.566. The van der Waals surface area contributed by atoms with Gasteiger partial charge in [0.1, 0.15) is 5.71 Å². The summed E-state index contributed by atoms with van der Waals surface area (Å²) in [6.07, 6.45) is 3.02. The number of para-hydroxylation sites is 1. The highest BCUT2D eigenvalue weighted by Crippen LogP contribution is 2.21. The molecule has 2 aromatic rings. The zero-order chi connectivity index (χ0) is 18.1. The Morgan fingerprint density at radius 3 is 2.64 bits per heavy atom. The summed E-state index contributed by atoms with van der Waals surface area (Å²) in [5.74, 6) is 0. The van der Waals surface area contributed by atoms with Gasteiger partial charge in [0.05, 0.1) is 5.69 Å². The SMILES string of the molecule is CCCCNC(=O)ON=C(c1ccccn1)c1ccccc1N(C)C. The van der Waals surface area contributed by atoms with Crippen molar-refractivity contribution in [2.45, 2.75) is 19.8 Å². The van der Waals surface area contributed by atoms with Crippen molar-refractivity contribution >= 4 is 17.5 Å². The number of carbonyl (C=O) groups is 1. The fourth-order valence-corrected chi connectivity index (χ4v) is 2.29. The molecule has 6 heteroatoms. The van der Waals surface area contributed by atoms with Crippen LogP contribution in [-0.4, -0.2) is 37.4 Å². The first-order chi connectivity index (χ1) is 12.1. The number of oxime groups is 1. The van der Waals surface area contributed by atoms with Crippen LogP contribution in [0, 0.1) is 0 Å². The van der Waals surface area contributed by atoms with Crippen molar-refractivity contribution < 1.29 is 9.63 Å². The summed E-state index contributed by atoms with van der Waals surface area (Å²) in [6, 6.07) is 13.3. The number of amides is 1. The van der Waals surface area contributed by atoms with Crippen LogP contribution in [0.4, 0.5) is 10.5 Å². The van der Waals surface area contributed by atoms with Crippen molar-refractivity contribution in [3.05, 3.63) is 59.9 Å². The van der Waals surface area contributed by atoms with Crippen molar-refractivity contribution in [3.63, 3.8) is 0 Å². The van der Waals surface area contributed by atoms with Crippen molar-refractivity contribution in [3.8, 4) is 0 Å². The minimum absolute atomic E-state index is 0.510. The fraction of sp³-hybridized carbons (Fsp3) is 0.316. The van der Waals surface area contributed by atoms with Crippen LogP contribution >= 0.6 is 0 Å². The third kappa shape index (κ3) is 5.31. The molecule has 0 spiro atoms. The normalized spacial score (nSPS) is 11.1. The quantitative estimate of drug-likeness (QED) is 0.363. The van der Waals surface area contributed by atoms with Gasteiger partial charge in [0, 0.05) is 38.1 Å². The lowest BCUT2D eigenvalue weighted by Gasteiger charge is -2.18. The molecule has 132 valence electrons. The fourth-order valence-electron chi connectivity index (χ4n) is 2.29. The van der Waals surface area contributed by atoms with E-state index >= 15 is 0 Å². The first-order valence-electron chi connectivity index (χ1n) is 8.34. The average molecular weight is 340 g/mol. The molecular weight excluding hydrogens is 316 g/mol. The van der Waals surface area contributed by atoms with Gasteiger partial charge >= 0.3 is 6.09 Å². The van der Waals surface area contributed by atoms with Gasteiger partial charge in [0.2, 0.25) is 0 Å². The molecule has 0 fully saturated rings. The third-order valence-electron chi connectivity index (χ3n) is 3.57. The smallest absolute Gasteiger partial charge is 0.377 e. The maximum atomic E-state index is 11.8. The van der Waals surface area contributed by atoms with Crippen LogP contribution in [0.1, 0.15) is 31.0 Å². The summed E-state index contributed by atoms with van der Waals surface area (Å²) in [7, 11) is 3.90. The highest BCUT2D eigenvalue weighted by molar-refractivity contribution is 6.14. The molecule has 0 saturated carbocycles. The lowest BCUT2D eigenvalue weighted by atomic mass is 10.0. The van der Waals surface area contributed by atoms with Crippen molar-refractivity contribution in [1.29, 1.82) is 0 Å². The second-order valence-corrected chi connectivity index (χ2v) is 5.73. The van der Waals surface area contributed by atoms with E-state index in [0.717, 1.165) is 24.1 Å². The number of anilines is 1. The number of nitrogens with zero attached hydrogens (tertiary/aromatic N) is 3. The molecule has 0 aliphatic rings. The Bertz CT molecular complexity index is 714. The number of nitrogens with one attached hydrogen (secondary N) is 1. The zero-order valence-electron chi connectivity index (χ0n) is 14.9. The van der Waals surface area contributed by atoms with Gasteiger partial charge in [-0.15, -0.1) is 0 Å². The van der Waals surface area contributed by atoms with Crippen molar-refractivity contribution in [1.82, 2.24) is 10.3 Å². The molecule has 25 heavy (non-hydrogen) atoms. The van der Waals surface area contributed by atoms with E-state index in [1.165, 1.54) is 0 Å². The van der Waals surface area contributed by atoms with E-state index in [1.54, 1.807) is 6.20 Å². The van der Waals surface area contributed by atoms with Gasteiger partial charge in [0.15, 0.2) is 0 Å². The molecule has 0 bridgehead atoms. The first kappa shape index (κ1) is 18.4. The molecule has 6 nitrogen and oxygen atoms in total. The Labute approximate surface area is 148 Å². The summed E-state index contributed by atoms with van der Waals surface area (Å²) < 4.78 is 0. The van der Waals surface area contributed by atoms with Gasteiger partial charge in [0.25, 0.3) is 0 Å². The van der Waals surface area contributed by atoms with E-state index in [0.29, 0.717) is 18.0 Å². The van der Waals surface area contributed by atoms with E-state index in [1.807, 2.05) is 61.5 Å². The Morgan fingerprint density at radius 1 is 1.20 bits per heavy atom. The minimum Gasteiger partial charge on any atom is -0.377 e. The number of carbonyl (C=O) groups excluding carboxylic acids is 1. The number of hydrogen-bond acceptors (Lipinski definition) is 5. The second kappa shape index (κ2) is 9.42. The lowest BCUT2D eigenvalue weighted by molar-refractivity contribution is 0.150. The maximum Gasteiger partial charge on any atom is 0.433 e. The van der Waals surface area contributed by atoms with Crippen molar-refractivity contribution in [2.24, 2.45) is 5.16 Å². The predicted molar refractivity (Wildman–Crippen MR) is 100 cm³/mol. The number of benzene rings is 1. The molecule has 1 aromatic carbocycles. The summed E-state index contributed by atoms with van der Waals surface area (Å²) in [4.78, 5) is 23.2. The Morgan fingerprint density at radius 2 is 1.96 bits per heavy atom. The van der Waals surface area contributed by atoms with E-state index in [9.17, 15) is 4.79 Å². The van der Waals surface area contributed by atoms with Crippen LogP contribution in [-0.2, 0) is 4.84 Å². The number of rotatable bonds is 7. The zero-order valence-corrected chi connectivity index (χ0v) is 14.9. The summed E-state index contributed by atoms with van der Waals surface area (Å²) in [6.45, 7) is 2.63. The van der Waals surface area contributed by atoms with Crippen molar-refractivity contribution in [2.75, 3.05) is 25.5 Å². The summed E-state index contributed by atoms with van der Waals surface area (Å²) in [5, 5.41) is 6.78. The highest BCUT2D eigenvalue weighted by atomic mass is 16.7. The van der Waals surface area contributed by atoms with E-state index < -0.39 is 6.09 Å². The topological polar surface area (TPSA) is 66.8 Å². The first-order valence-corrected chi connectivity index (χ1v) is 8.34. The number of aromatic nitrogens is 1. The van der Waals surface area contributed by atoms with Crippen LogP contribution in [0.15, 0.2) is 53.8 Å². The molecule has 2 rings (SSSR count). The average Bonchev–Trinajstić information content (AvgIpc) is 2.63. The van der Waals surface area contributed by atoms with E-state index in [2.05, 4.69) is 22.4 Å². The monoisotopic (exact) mass is 340 g/mol. The van der Waals surface area contributed by atoms with Crippen LogP contribution < -0.4 is 10.2 Å². The number of pyridine rings is 1. The van der Waals surface area contributed by atoms with Gasteiger partial charge in [-0.25, -0.2) is 4.79 Å². The molecule has 0 aliphatic carbocycles.